The molecule has 0 aromatic heterocycles. The number of hydrazone groups is 1. The summed E-state index contributed by atoms with van der Waals surface area (Å²) in [6.45, 7) is 4.19. The van der Waals surface area contributed by atoms with Gasteiger partial charge in [0.1, 0.15) is 5.75 Å². The maximum atomic E-state index is 10.9. The Morgan fingerprint density at radius 2 is 1.88 bits per heavy atom. The molecule has 2 aliphatic heterocycles. The second kappa shape index (κ2) is 5.33. The highest BCUT2D eigenvalue weighted by molar-refractivity contribution is 5.86. The lowest BCUT2D eigenvalue weighted by atomic mass is 9.90. The predicted molar refractivity (Wildman–Crippen MR) is 89.8 cm³/mol. The van der Waals surface area contributed by atoms with Crippen LogP contribution in [0.2, 0.25) is 0 Å². The van der Waals surface area contributed by atoms with Crippen molar-refractivity contribution in [1.82, 2.24) is 5.01 Å². The molecule has 6 nitrogen and oxygen atoms in total. The van der Waals surface area contributed by atoms with Crippen LogP contribution in [0.25, 0.3) is 0 Å². The van der Waals surface area contributed by atoms with E-state index in [9.17, 15) is 10.1 Å². The van der Waals surface area contributed by atoms with Crippen LogP contribution in [0.15, 0.2) is 53.6 Å². The second-order valence-corrected chi connectivity index (χ2v) is 6.21. The SMILES string of the molecule is CC1=NN2[C@H](c3ccccc3O[C@H]2c2ccc([N+](=O)[O-])cc2)[C@@H]1C. The summed E-state index contributed by atoms with van der Waals surface area (Å²) in [5, 5.41) is 17.5. The Balaban J connectivity index is 1.77. The van der Waals surface area contributed by atoms with E-state index in [1.165, 1.54) is 12.1 Å². The number of hydrogen-bond acceptors (Lipinski definition) is 5. The van der Waals surface area contributed by atoms with E-state index in [2.05, 4.69) is 13.0 Å². The first-order chi connectivity index (χ1) is 11.6. The van der Waals surface area contributed by atoms with Crippen LogP contribution < -0.4 is 4.74 Å². The minimum absolute atomic E-state index is 0.0704. The van der Waals surface area contributed by atoms with E-state index < -0.39 is 4.92 Å². The van der Waals surface area contributed by atoms with Gasteiger partial charge in [0.25, 0.3) is 5.69 Å². The normalized spacial score (nSPS) is 24.7. The van der Waals surface area contributed by atoms with Crippen LogP contribution in [-0.2, 0) is 0 Å². The summed E-state index contributed by atoms with van der Waals surface area (Å²) >= 11 is 0. The lowest BCUT2D eigenvalue weighted by Crippen LogP contribution is -2.35. The number of rotatable bonds is 2. The van der Waals surface area contributed by atoms with E-state index in [0.717, 1.165) is 22.6 Å². The average molecular weight is 323 g/mol. The molecule has 0 amide bonds. The third-order valence-corrected chi connectivity index (χ3v) is 4.80. The fourth-order valence-corrected chi connectivity index (χ4v) is 3.39. The van der Waals surface area contributed by atoms with Gasteiger partial charge in [-0.3, -0.25) is 10.1 Å². The third kappa shape index (κ3) is 2.14. The molecule has 0 N–H and O–H groups in total. The summed E-state index contributed by atoms with van der Waals surface area (Å²) in [7, 11) is 0. The van der Waals surface area contributed by atoms with Crippen molar-refractivity contribution in [2.24, 2.45) is 11.0 Å². The van der Waals surface area contributed by atoms with Gasteiger partial charge in [0.2, 0.25) is 6.23 Å². The Kier molecular flexibility index (Phi) is 3.26. The number of non-ortho nitro benzene ring substituents is 1. The zero-order valence-corrected chi connectivity index (χ0v) is 13.4. The van der Waals surface area contributed by atoms with Crippen molar-refractivity contribution in [2.45, 2.75) is 26.1 Å². The lowest BCUT2D eigenvalue weighted by Gasteiger charge is -2.39. The smallest absolute Gasteiger partial charge is 0.269 e. The molecule has 2 aliphatic rings. The van der Waals surface area contributed by atoms with Gasteiger partial charge in [0.15, 0.2) is 0 Å². The van der Waals surface area contributed by atoms with Crippen LogP contribution in [0.3, 0.4) is 0 Å². The van der Waals surface area contributed by atoms with Gasteiger partial charge in [-0.25, -0.2) is 5.01 Å². The molecule has 0 bridgehead atoms. The summed E-state index contributed by atoms with van der Waals surface area (Å²) in [5.41, 5.74) is 3.11. The van der Waals surface area contributed by atoms with Gasteiger partial charge >= 0.3 is 0 Å². The number of nitrogens with zero attached hydrogens (tertiary/aromatic N) is 3. The van der Waals surface area contributed by atoms with Crippen molar-refractivity contribution in [3.05, 3.63) is 69.8 Å². The first-order valence-electron chi connectivity index (χ1n) is 7.89. The Morgan fingerprint density at radius 3 is 2.58 bits per heavy atom. The van der Waals surface area contributed by atoms with Crippen molar-refractivity contribution in [2.75, 3.05) is 0 Å². The van der Waals surface area contributed by atoms with Crippen molar-refractivity contribution >= 4 is 11.4 Å². The number of nitro groups is 1. The Hall–Kier alpha value is -2.89. The van der Waals surface area contributed by atoms with Crippen molar-refractivity contribution < 1.29 is 9.66 Å². The first kappa shape index (κ1) is 14.7. The standard InChI is InChI=1S/C18H17N3O3/c1-11-12(2)19-20-17(11)15-5-3-4-6-16(15)24-18(20)13-7-9-14(10-8-13)21(22)23/h3-11,17-18H,1-2H3/t11-,17+,18+/m1/s1. The molecule has 0 fully saturated rings. The van der Waals surface area contributed by atoms with Gasteiger partial charge < -0.3 is 4.74 Å². The van der Waals surface area contributed by atoms with Gasteiger partial charge in [-0.05, 0) is 25.1 Å². The molecule has 4 rings (SSSR count). The molecule has 0 aliphatic carbocycles. The number of ether oxygens (including phenoxy) is 1. The molecule has 122 valence electrons. The quantitative estimate of drug-likeness (QED) is 0.617. The molecule has 2 aromatic carbocycles. The van der Waals surface area contributed by atoms with E-state index >= 15 is 0 Å². The molecule has 3 atom stereocenters. The van der Waals surface area contributed by atoms with E-state index in [1.807, 2.05) is 30.1 Å². The number of para-hydroxylation sites is 1. The van der Waals surface area contributed by atoms with Crippen LogP contribution >= 0.6 is 0 Å². The zero-order chi connectivity index (χ0) is 16.8. The number of benzene rings is 2. The largest absolute Gasteiger partial charge is 0.464 e. The molecule has 2 heterocycles. The molecular formula is C18H17N3O3. The van der Waals surface area contributed by atoms with Crippen LogP contribution in [0.1, 0.15) is 37.2 Å². The van der Waals surface area contributed by atoms with E-state index in [4.69, 9.17) is 9.84 Å². The summed E-state index contributed by atoms with van der Waals surface area (Å²) < 4.78 is 6.18. The average Bonchev–Trinajstić information content (AvgIpc) is 2.90. The summed E-state index contributed by atoms with van der Waals surface area (Å²) in [4.78, 5) is 10.5. The van der Waals surface area contributed by atoms with Crippen molar-refractivity contribution in [3.63, 3.8) is 0 Å². The minimum atomic E-state index is -0.399. The Morgan fingerprint density at radius 1 is 1.17 bits per heavy atom. The van der Waals surface area contributed by atoms with Crippen LogP contribution in [0, 0.1) is 16.0 Å². The maximum absolute atomic E-state index is 10.9. The summed E-state index contributed by atoms with van der Waals surface area (Å²) in [6.07, 6.45) is -0.384. The van der Waals surface area contributed by atoms with E-state index in [1.54, 1.807) is 12.1 Å². The number of hydrogen-bond donors (Lipinski definition) is 0. The van der Waals surface area contributed by atoms with Crippen LogP contribution in [0.4, 0.5) is 5.69 Å². The molecule has 6 heteroatoms. The van der Waals surface area contributed by atoms with Crippen molar-refractivity contribution in [3.8, 4) is 5.75 Å². The maximum Gasteiger partial charge on any atom is 0.269 e. The van der Waals surface area contributed by atoms with Crippen LogP contribution in [-0.4, -0.2) is 15.6 Å². The highest BCUT2D eigenvalue weighted by Crippen LogP contribution is 2.48. The fourth-order valence-electron chi connectivity index (χ4n) is 3.39. The highest BCUT2D eigenvalue weighted by Gasteiger charge is 2.43. The van der Waals surface area contributed by atoms with E-state index in [-0.39, 0.29) is 23.9 Å². The zero-order valence-electron chi connectivity index (χ0n) is 13.4. The van der Waals surface area contributed by atoms with Gasteiger partial charge in [0, 0.05) is 34.9 Å². The fraction of sp³-hybridized carbons (Fsp3) is 0.278. The summed E-state index contributed by atoms with van der Waals surface area (Å²) in [6, 6.07) is 14.6. The lowest BCUT2D eigenvalue weighted by molar-refractivity contribution is -0.384. The minimum Gasteiger partial charge on any atom is -0.464 e. The molecular weight excluding hydrogens is 306 g/mol. The molecule has 0 saturated carbocycles. The molecule has 0 unspecified atom stereocenters. The van der Waals surface area contributed by atoms with Gasteiger partial charge in [0.05, 0.1) is 11.0 Å². The molecule has 24 heavy (non-hydrogen) atoms. The number of fused-ring (bicyclic) bond motifs is 3. The topological polar surface area (TPSA) is 68.0 Å². The Labute approximate surface area is 139 Å². The second-order valence-electron chi connectivity index (χ2n) is 6.21. The van der Waals surface area contributed by atoms with E-state index in [0.29, 0.717) is 0 Å². The van der Waals surface area contributed by atoms with Gasteiger partial charge in [-0.15, -0.1) is 0 Å². The third-order valence-electron chi connectivity index (χ3n) is 4.80. The summed E-state index contributed by atoms with van der Waals surface area (Å²) in [5.74, 6) is 1.13. The molecule has 0 radical (unpaired) electrons. The first-order valence-corrected chi connectivity index (χ1v) is 7.89. The molecule has 0 saturated heterocycles. The Bertz CT molecular complexity index is 832. The van der Waals surface area contributed by atoms with Crippen molar-refractivity contribution in [1.29, 1.82) is 0 Å². The highest BCUT2D eigenvalue weighted by atomic mass is 16.6. The number of nitro benzene ring substituents is 1. The van der Waals surface area contributed by atoms with Crippen LogP contribution in [0.5, 0.6) is 5.75 Å². The molecule has 2 aromatic rings. The monoisotopic (exact) mass is 323 g/mol. The van der Waals surface area contributed by atoms with Gasteiger partial charge in [-0.1, -0.05) is 25.1 Å². The van der Waals surface area contributed by atoms with Gasteiger partial charge in [-0.2, -0.15) is 5.10 Å². The molecule has 0 spiro atoms. The predicted octanol–water partition coefficient (Wildman–Crippen LogP) is 4.05.